The Balaban J connectivity index is 0.00000169. The van der Waals surface area contributed by atoms with Crippen molar-refractivity contribution in [2.24, 2.45) is 5.73 Å². The summed E-state index contributed by atoms with van der Waals surface area (Å²) in [6.07, 6.45) is 0. The lowest BCUT2D eigenvalue weighted by Gasteiger charge is -2.10. The second-order valence-corrected chi connectivity index (χ2v) is 2.69. The minimum Gasteiger partial charge on any atom is -0.508 e. The van der Waals surface area contributed by atoms with Gasteiger partial charge in [0.2, 0.25) is 0 Å². The van der Waals surface area contributed by atoms with E-state index in [0.29, 0.717) is 11.3 Å². The summed E-state index contributed by atoms with van der Waals surface area (Å²) in [5, 5.41) is 9.33. The predicted octanol–water partition coefficient (Wildman–Crippen LogP) is 1.79. The molecule has 0 radical (unpaired) electrons. The van der Waals surface area contributed by atoms with Crippen LogP contribution in [0.5, 0.6) is 11.5 Å². The molecule has 3 nitrogen and oxygen atoms in total. The number of hydrogen-bond acceptors (Lipinski definition) is 3. The van der Waals surface area contributed by atoms with E-state index in [4.69, 9.17) is 10.5 Å². The fraction of sp³-hybridized carbons (Fsp3) is 0.333. The average molecular weight is 222 g/mol. The highest BCUT2D eigenvalue weighted by atomic mass is 35.5. The molecule has 1 aromatic carbocycles. The minimum atomic E-state index is -0.796. The lowest BCUT2D eigenvalue weighted by atomic mass is 10.1. The van der Waals surface area contributed by atoms with Gasteiger partial charge >= 0.3 is 0 Å². The van der Waals surface area contributed by atoms with Crippen molar-refractivity contribution >= 4 is 12.4 Å². The van der Waals surface area contributed by atoms with Crippen molar-refractivity contribution < 1.29 is 14.2 Å². The van der Waals surface area contributed by atoms with Crippen LogP contribution >= 0.6 is 12.4 Å². The molecule has 0 aromatic heterocycles. The molecule has 3 N–H and O–H groups in total. The van der Waals surface area contributed by atoms with Gasteiger partial charge in [0.1, 0.15) is 18.2 Å². The fourth-order valence-corrected chi connectivity index (χ4v) is 1.04. The molecular formula is C9H13ClFNO2. The summed E-state index contributed by atoms with van der Waals surface area (Å²) in [5.74, 6) is 0.544. The van der Waals surface area contributed by atoms with Crippen molar-refractivity contribution in [1.29, 1.82) is 0 Å². The third-order valence-corrected chi connectivity index (χ3v) is 1.80. The molecule has 0 aliphatic carbocycles. The molecule has 0 bridgehead atoms. The molecule has 0 aliphatic rings. The largest absolute Gasteiger partial charge is 0.508 e. The number of phenolic OH excluding ortho intramolecular Hbond substituents is 1. The maximum atomic E-state index is 12.2. The predicted molar refractivity (Wildman–Crippen MR) is 54.8 cm³/mol. The molecule has 1 atom stereocenters. The van der Waals surface area contributed by atoms with Crippen LogP contribution in [-0.2, 0) is 0 Å². The van der Waals surface area contributed by atoms with E-state index in [-0.39, 0.29) is 18.2 Å². The molecule has 14 heavy (non-hydrogen) atoms. The monoisotopic (exact) mass is 221 g/mol. The Kier molecular flexibility index (Phi) is 5.27. The van der Waals surface area contributed by atoms with Crippen LogP contribution in [0.3, 0.4) is 0 Å². The Morgan fingerprint density at radius 2 is 2.21 bits per heavy atom. The normalized spacial score (nSPS) is 11.6. The van der Waals surface area contributed by atoms with Crippen molar-refractivity contribution in [3.63, 3.8) is 0 Å². The Morgan fingerprint density at radius 3 is 2.71 bits per heavy atom. The first-order valence-corrected chi connectivity index (χ1v) is 3.87. The van der Waals surface area contributed by atoms with Gasteiger partial charge in [-0.05, 0) is 18.2 Å². The molecule has 5 heteroatoms. The quantitative estimate of drug-likeness (QED) is 0.818. The third kappa shape index (κ3) is 2.75. The standard InChI is InChI=1S/C9H12FNO2.ClH/c1-13-6-2-3-9(12)7(4-6)8(11)5-10;/h2-4,8,12H,5,11H2,1H3;1H/t8-;/m1./s1. The van der Waals surface area contributed by atoms with E-state index in [1.165, 1.54) is 19.2 Å². The van der Waals surface area contributed by atoms with E-state index in [0.717, 1.165) is 0 Å². The first-order chi connectivity index (χ1) is 6.19. The third-order valence-electron chi connectivity index (χ3n) is 1.80. The number of aromatic hydroxyl groups is 1. The highest BCUT2D eigenvalue weighted by Gasteiger charge is 2.11. The second-order valence-electron chi connectivity index (χ2n) is 2.69. The van der Waals surface area contributed by atoms with E-state index < -0.39 is 12.7 Å². The summed E-state index contributed by atoms with van der Waals surface area (Å²) >= 11 is 0. The van der Waals surface area contributed by atoms with Crippen LogP contribution in [0, 0.1) is 0 Å². The Morgan fingerprint density at radius 1 is 1.57 bits per heavy atom. The Hall–Kier alpha value is -1.00. The minimum absolute atomic E-state index is 0. The van der Waals surface area contributed by atoms with E-state index in [1.807, 2.05) is 0 Å². The number of halogens is 2. The maximum Gasteiger partial charge on any atom is 0.120 e. The highest BCUT2D eigenvalue weighted by molar-refractivity contribution is 5.85. The number of ether oxygens (including phenoxy) is 1. The van der Waals surface area contributed by atoms with Crippen LogP contribution in [0.1, 0.15) is 11.6 Å². The van der Waals surface area contributed by atoms with Crippen molar-refractivity contribution in [2.45, 2.75) is 6.04 Å². The molecule has 1 rings (SSSR count). The summed E-state index contributed by atoms with van der Waals surface area (Å²) in [4.78, 5) is 0. The van der Waals surface area contributed by atoms with Gasteiger partial charge in [-0.2, -0.15) is 0 Å². The van der Waals surface area contributed by atoms with Gasteiger partial charge in [-0.25, -0.2) is 4.39 Å². The van der Waals surface area contributed by atoms with Crippen LogP contribution in [0.4, 0.5) is 4.39 Å². The van der Waals surface area contributed by atoms with E-state index >= 15 is 0 Å². The molecule has 0 spiro atoms. The lowest BCUT2D eigenvalue weighted by molar-refractivity contribution is 0.398. The molecule has 80 valence electrons. The number of hydrogen-bond donors (Lipinski definition) is 2. The Bertz CT molecular complexity index is 296. The number of phenols is 1. The molecule has 1 aromatic rings. The lowest BCUT2D eigenvalue weighted by Crippen LogP contribution is -2.12. The van der Waals surface area contributed by atoms with Crippen LogP contribution in [0.2, 0.25) is 0 Å². The zero-order chi connectivity index (χ0) is 9.84. The summed E-state index contributed by atoms with van der Waals surface area (Å²) < 4.78 is 17.1. The topological polar surface area (TPSA) is 55.5 Å². The number of rotatable bonds is 3. The molecule has 0 saturated heterocycles. The number of methoxy groups -OCH3 is 1. The summed E-state index contributed by atoms with van der Waals surface area (Å²) in [7, 11) is 1.50. The van der Waals surface area contributed by atoms with Gasteiger partial charge in [-0.3, -0.25) is 0 Å². The molecule has 0 amide bonds. The first kappa shape index (κ1) is 13.0. The SMILES string of the molecule is COc1ccc(O)c([C@H](N)CF)c1.Cl. The smallest absolute Gasteiger partial charge is 0.120 e. The highest BCUT2D eigenvalue weighted by Crippen LogP contribution is 2.27. The molecule has 0 fully saturated rings. The van der Waals surface area contributed by atoms with Crippen molar-refractivity contribution in [3.8, 4) is 11.5 Å². The molecule has 0 unspecified atom stereocenters. The first-order valence-electron chi connectivity index (χ1n) is 3.87. The van der Waals surface area contributed by atoms with Gasteiger partial charge in [0.15, 0.2) is 0 Å². The van der Waals surface area contributed by atoms with Gasteiger partial charge in [0, 0.05) is 5.56 Å². The van der Waals surface area contributed by atoms with Crippen molar-refractivity contribution in [3.05, 3.63) is 23.8 Å². The molecular weight excluding hydrogens is 209 g/mol. The fourth-order valence-electron chi connectivity index (χ4n) is 1.04. The zero-order valence-corrected chi connectivity index (χ0v) is 8.55. The molecule has 0 aliphatic heterocycles. The van der Waals surface area contributed by atoms with Crippen LogP contribution < -0.4 is 10.5 Å². The molecule has 0 heterocycles. The summed E-state index contributed by atoms with van der Waals surface area (Å²) in [5.41, 5.74) is 5.79. The van der Waals surface area contributed by atoms with Gasteiger partial charge in [-0.15, -0.1) is 12.4 Å². The summed E-state index contributed by atoms with van der Waals surface area (Å²) in [6.45, 7) is -0.708. The number of nitrogens with two attached hydrogens (primary N) is 1. The molecule has 0 saturated carbocycles. The van der Waals surface area contributed by atoms with E-state index in [1.54, 1.807) is 6.07 Å². The van der Waals surface area contributed by atoms with Crippen LogP contribution in [-0.4, -0.2) is 18.9 Å². The van der Waals surface area contributed by atoms with Crippen LogP contribution in [0.15, 0.2) is 18.2 Å². The van der Waals surface area contributed by atoms with Crippen LogP contribution in [0.25, 0.3) is 0 Å². The Labute approximate surface area is 88.1 Å². The van der Waals surface area contributed by atoms with E-state index in [9.17, 15) is 9.50 Å². The van der Waals surface area contributed by atoms with Gasteiger partial charge in [0.05, 0.1) is 13.2 Å². The van der Waals surface area contributed by atoms with Crippen molar-refractivity contribution in [1.82, 2.24) is 0 Å². The number of alkyl halides is 1. The maximum absolute atomic E-state index is 12.2. The second kappa shape index (κ2) is 5.67. The van der Waals surface area contributed by atoms with Gasteiger partial charge in [0.25, 0.3) is 0 Å². The van der Waals surface area contributed by atoms with Gasteiger partial charge in [-0.1, -0.05) is 0 Å². The average Bonchev–Trinajstić information content (AvgIpc) is 2.17. The zero-order valence-electron chi connectivity index (χ0n) is 7.74. The van der Waals surface area contributed by atoms with E-state index in [2.05, 4.69) is 0 Å². The summed E-state index contributed by atoms with van der Waals surface area (Å²) in [6, 6.07) is 3.75. The van der Waals surface area contributed by atoms with Crippen molar-refractivity contribution in [2.75, 3.05) is 13.8 Å². The number of benzene rings is 1. The van der Waals surface area contributed by atoms with Gasteiger partial charge < -0.3 is 15.6 Å².